The maximum atomic E-state index is 9.94. The zero-order valence-electron chi connectivity index (χ0n) is 4.82. The van der Waals surface area contributed by atoms with Crippen molar-refractivity contribution in [2.75, 3.05) is 0 Å². The largest absolute Gasteiger partial charge is 0.480 e. The Morgan fingerprint density at radius 1 is 1.56 bits per heavy atom. The number of carboxylic acid groups (broad SMARTS) is 1. The van der Waals surface area contributed by atoms with E-state index in [1.807, 2.05) is 0 Å². The molecule has 0 fully saturated rings. The summed E-state index contributed by atoms with van der Waals surface area (Å²) in [7, 11) is 0. The van der Waals surface area contributed by atoms with E-state index in [-0.39, 0.29) is 6.42 Å². The molecule has 0 saturated carbocycles. The third kappa shape index (κ3) is 3.89. The molecule has 0 aliphatic rings. The molecular weight excluding hydrogens is 124 g/mol. The van der Waals surface area contributed by atoms with Crippen LogP contribution in [0.5, 0.6) is 0 Å². The first-order valence-electron chi connectivity index (χ1n) is 2.46. The number of hydrogen-bond acceptors (Lipinski definition) is 4. The molecule has 0 aromatic heterocycles. The van der Waals surface area contributed by atoms with E-state index >= 15 is 0 Å². The molecule has 5 heteroatoms. The average molecular weight is 134 g/mol. The van der Waals surface area contributed by atoms with E-state index in [2.05, 4.69) is 0 Å². The van der Waals surface area contributed by atoms with Crippen molar-refractivity contribution in [3.05, 3.63) is 0 Å². The van der Waals surface area contributed by atoms with Gasteiger partial charge in [-0.2, -0.15) is 0 Å². The summed E-state index contributed by atoms with van der Waals surface area (Å²) < 4.78 is 0. The van der Waals surface area contributed by atoms with E-state index in [4.69, 9.17) is 21.7 Å². The summed E-state index contributed by atoms with van der Waals surface area (Å²) in [5, 5.41) is 16.5. The van der Waals surface area contributed by atoms with E-state index in [0.29, 0.717) is 0 Å². The third-order valence-corrected chi connectivity index (χ3v) is 0.813. The summed E-state index contributed by atoms with van der Waals surface area (Å²) in [5.41, 5.74) is 9.82. The minimum absolute atomic E-state index is 0.116. The quantitative estimate of drug-likeness (QED) is 0.336. The zero-order valence-corrected chi connectivity index (χ0v) is 4.82. The summed E-state index contributed by atoms with van der Waals surface area (Å²) in [6, 6.07) is -1.06. The van der Waals surface area contributed by atoms with Crippen molar-refractivity contribution in [3.8, 4) is 0 Å². The molecule has 0 spiro atoms. The molecular formula is C4H10N2O3. The van der Waals surface area contributed by atoms with Gasteiger partial charge in [-0.25, -0.2) is 0 Å². The van der Waals surface area contributed by atoms with E-state index in [1.54, 1.807) is 0 Å². The van der Waals surface area contributed by atoms with Crippen LogP contribution >= 0.6 is 0 Å². The van der Waals surface area contributed by atoms with Crippen molar-refractivity contribution in [3.63, 3.8) is 0 Å². The molecule has 6 N–H and O–H groups in total. The summed E-state index contributed by atoms with van der Waals surface area (Å²) >= 11 is 0. The van der Waals surface area contributed by atoms with Gasteiger partial charge in [-0.3, -0.25) is 4.79 Å². The Balaban J connectivity index is 3.50. The number of hydrogen-bond donors (Lipinski definition) is 4. The van der Waals surface area contributed by atoms with Crippen molar-refractivity contribution < 1.29 is 15.0 Å². The predicted molar refractivity (Wildman–Crippen MR) is 30.4 cm³/mol. The van der Waals surface area contributed by atoms with Crippen molar-refractivity contribution >= 4 is 5.97 Å². The Kier molecular flexibility index (Phi) is 3.15. The van der Waals surface area contributed by atoms with E-state index in [9.17, 15) is 4.79 Å². The van der Waals surface area contributed by atoms with Crippen LogP contribution in [0.2, 0.25) is 0 Å². The van der Waals surface area contributed by atoms with E-state index in [0.717, 1.165) is 0 Å². The fraction of sp³-hybridized carbons (Fsp3) is 0.750. The van der Waals surface area contributed by atoms with E-state index in [1.165, 1.54) is 0 Å². The van der Waals surface area contributed by atoms with Gasteiger partial charge in [0.05, 0.1) is 0 Å². The molecule has 54 valence electrons. The number of aliphatic hydroxyl groups excluding tert-OH is 1. The topological polar surface area (TPSA) is 110 Å². The number of rotatable bonds is 3. The second-order valence-electron chi connectivity index (χ2n) is 1.75. The molecule has 0 aromatic rings. The normalized spacial score (nSPS) is 16.8. The van der Waals surface area contributed by atoms with Gasteiger partial charge < -0.3 is 21.7 Å². The van der Waals surface area contributed by atoms with Crippen LogP contribution in [0.25, 0.3) is 0 Å². The van der Waals surface area contributed by atoms with Gasteiger partial charge in [0.1, 0.15) is 12.3 Å². The molecule has 0 aliphatic heterocycles. The van der Waals surface area contributed by atoms with Crippen LogP contribution in [0.15, 0.2) is 0 Å². The molecule has 0 rings (SSSR count). The standard InChI is InChI=1S/C4H10N2O3/c5-2(4(8)9)1-3(6)7/h2-3,7H,1,5-6H2,(H,8,9). The van der Waals surface area contributed by atoms with Crippen molar-refractivity contribution in [2.24, 2.45) is 11.5 Å². The zero-order chi connectivity index (χ0) is 7.44. The lowest BCUT2D eigenvalue weighted by atomic mass is 10.2. The van der Waals surface area contributed by atoms with Gasteiger partial charge in [-0.15, -0.1) is 0 Å². The van der Waals surface area contributed by atoms with Crippen LogP contribution < -0.4 is 11.5 Å². The highest BCUT2D eigenvalue weighted by molar-refractivity contribution is 5.73. The Hall–Kier alpha value is -0.650. The second-order valence-corrected chi connectivity index (χ2v) is 1.75. The lowest BCUT2D eigenvalue weighted by Crippen LogP contribution is -2.36. The first-order valence-corrected chi connectivity index (χ1v) is 2.46. The highest BCUT2D eigenvalue weighted by atomic mass is 16.4. The summed E-state index contributed by atoms with van der Waals surface area (Å²) in [4.78, 5) is 9.94. The van der Waals surface area contributed by atoms with Crippen LogP contribution in [-0.2, 0) is 4.79 Å². The van der Waals surface area contributed by atoms with Gasteiger partial charge in [0.25, 0.3) is 0 Å². The summed E-state index contributed by atoms with van der Waals surface area (Å²) in [6.07, 6.45) is -1.26. The number of aliphatic hydroxyl groups is 1. The van der Waals surface area contributed by atoms with Crippen LogP contribution in [0.3, 0.4) is 0 Å². The first kappa shape index (κ1) is 8.35. The maximum absolute atomic E-state index is 9.94. The van der Waals surface area contributed by atoms with E-state index < -0.39 is 18.2 Å². The predicted octanol–water partition coefficient (Wildman–Crippen LogP) is -1.93. The maximum Gasteiger partial charge on any atom is 0.320 e. The lowest BCUT2D eigenvalue weighted by molar-refractivity contribution is -0.139. The molecule has 0 aliphatic carbocycles. The Bertz CT molecular complexity index is 104. The molecule has 0 heterocycles. The molecule has 9 heavy (non-hydrogen) atoms. The van der Waals surface area contributed by atoms with Gasteiger partial charge >= 0.3 is 5.97 Å². The molecule has 0 bridgehead atoms. The smallest absolute Gasteiger partial charge is 0.320 e. The van der Waals surface area contributed by atoms with Crippen LogP contribution in [0.4, 0.5) is 0 Å². The number of aliphatic carboxylic acids is 1. The minimum Gasteiger partial charge on any atom is -0.480 e. The molecule has 0 saturated heterocycles. The highest BCUT2D eigenvalue weighted by Crippen LogP contribution is 1.88. The summed E-state index contributed by atoms with van der Waals surface area (Å²) in [6.45, 7) is 0. The fourth-order valence-electron chi connectivity index (χ4n) is 0.361. The van der Waals surface area contributed by atoms with Gasteiger partial charge in [-0.1, -0.05) is 0 Å². The number of carboxylic acids is 1. The third-order valence-electron chi connectivity index (χ3n) is 0.813. The monoisotopic (exact) mass is 134 g/mol. The van der Waals surface area contributed by atoms with Gasteiger partial charge in [0.2, 0.25) is 0 Å². The van der Waals surface area contributed by atoms with Crippen molar-refractivity contribution in [1.29, 1.82) is 0 Å². The Morgan fingerprint density at radius 2 is 2.00 bits per heavy atom. The molecule has 2 unspecified atom stereocenters. The van der Waals surface area contributed by atoms with Crippen molar-refractivity contribution in [1.82, 2.24) is 0 Å². The van der Waals surface area contributed by atoms with Gasteiger partial charge in [-0.05, 0) is 0 Å². The first-order chi connectivity index (χ1) is 4.04. The molecule has 0 aromatic carbocycles. The Labute approximate surface area is 52.3 Å². The van der Waals surface area contributed by atoms with Crippen LogP contribution in [0, 0.1) is 0 Å². The molecule has 0 radical (unpaired) electrons. The molecule has 2 atom stereocenters. The fourth-order valence-corrected chi connectivity index (χ4v) is 0.361. The van der Waals surface area contributed by atoms with Gasteiger partial charge in [0.15, 0.2) is 0 Å². The number of carbonyl (C=O) groups is 1. The van der Waals surface area contributed by atoms with Crippen LogP contribution in [0.1, 0.15) is 6.42 Å². The molecule has 5 nitrogen and oxygen atoms in total. The van der Waals surface area contributed by atoms with Gasteiger partial charge in [0, 0.05) is 6.42 Å². The minimum atomic E-state index is -1.15. The summed E-state index contributed by atoms with van der Waals surface area (Å²) in [5.74, 6) is -1.15. The van der Waals surface area contributed by atoms with Crippen molar-refractivity contribution in [2.45, 2.75) is 18.7 Å². The molecule has 0 amide bonds. The Morgan fingerprint density at radius 3 is 2.11 bits per heavy atom. The second kappa shape index (κ2) is 3.39. The SMILES string of the molecule is NC(O)CC(N)C(=O)O. The highest BCUT2D eigenvalue weighted by Gasteiger charge is 2.13. The lowest BCUT2D eigenvalue weighted by Gasteiger charge is -2.06. The van der Waals surface area contributed by atoms with Crippen LogP contribution in [-0.4, -0.2) is 28.5 Å². The number of nitrogens with two attached hydrogens (primary N) is 2. The average Bonchev–Trinajstić information content (AvgIpc) is 1.63.